The van der Waals surface area contributed by atoms with Gasteiger partial charge in [-0.15, -0.1) is 0 Å². The second kappa shape index (κ2) is 5.32. The number of carbonyl (C=O) groups excluding carboxylic acids is 1. The SMILES string of the molecule is CNC(=O)C(C)N(C)CC(C)(C)CN. The van der Waals surface area contributed by atoms with E-state index in [0.29, 0.717) is 6.54 Å². The van der Waals surface area contributed by atoms with Crippen LogP contribution in [0, 0.1) is 5.41 Å². The molecular formula is C10H23N3O. The zero-order valence-corrected chi connectivity index (χ0v) is 9.92. The van der Waals surface area contributed by atoms with Crippen molar-refractivity contribution in [3.63, 3.8) is 0 Å². The van der Waals surface area contributed by atoms with E-state index in [9.17, 15) is 4.79 Å². The molecule has 0 fully saturated rings. The molecule has 0 aromatic heterocycles. The number of rotatable bonds is 5. The third-order valence-corrected chi connectivity index (χ3v) is 2.52. The molecule has 1 atom stereocenters. The lowest BCUT2D eigenvalue weighted by atomic mass is 9.93. The van der Waals surface area contributed by atoms with Crippen molar-refractivity contribution in [3.8, 4) is 0 Å². The Morgan fingerprint density at radius 1 is 1.57 bits per heavy atom. The lowest BCUT2D eigenvalue weighted by Crippen LogP contribution is -2.47. The molecule has 14 heavy (non-hydrogen) atoms. The van der Waals surface area contributed by atoms with Crippen molar-refractivity contribution in [3.05, 3.63) is 0 Å². The fourth-order valence-electron chi connectivity index (χ4n) is 1.29. The van der Waals surface area contributed by atoms with Gasteiger partial charge in [-0.2, -0.15) is 0 Å². The average molecular weight is 201 g/mol. The molecule has 0 aliphatic heterocycles. The molecular weight excluding hydrogens is 178 g/mol. The molecule has 4 heteroatoms. The molecule has 0 heterocycles. The van der Waals surface area contributed by atoms with Crippen LogP contribution in [0.25, 0.3) is 0 Å². The molecule has 3 N–H and O–H groups in total. The minimum Gasteiger partial charge on any atom is -0.358 e. The standard InChI is InChI=1S/C10H23N3O/c1-8(9(14)12-4)13(5)7-10(2,3)6-11/h8H,6-7,11H2,1-5H3,(H,12,14). The van der Waals surface area contributed by atoms with Gasteiger partial charge in [0.25, 0.3) is 0 Å². The van der Waals surface area contributed by atoms with E-state index in [1.807, 2.05) is 18.9 Å². The Kier molecular flexibility index (Phi) is 5.08. The predicted molar refractivity (Wildman–Crippen MR) is 59.0 cm³/mol. The highest BCUT2D eigenvalue weighted by Crippen LogP contribution is 2.15. The van der Waals surface area contributed by atoms with Gasteiger partial charge >= 0.3 is 0 Å². The van der Waals surface area contributed by atoms with Crippen molar-refractivity contribution in [2.75, 3.05) is 27.2 Å². The molecule has 1 unspecified atom stereocenters. The van der Waals surface area contributed by atoms with Gasteiger partial charge in [0.05, 0.1) is 6.04 Å². The van der Waals surface area contributed by atoms with Gasteiger partial charge in [0.1, 0.15) is 0 Å². The molecule has 0 bridgehead atoms. The molecule has 4 nitrogen and oxygen atoms in total. The Balaban J connectivity index is 4.20. The van der Waals surface area contributed by atoms with Crippen molar-refractivity contribution in [1.82, 2.24) is 10.2 Å². The van der Waals surface area contributed by atoms with E-state index in [1.54, 1.807) is 7.05 Å². The number of likely N-dealkylation sites (N-methyl/N-ethyl adjacent to an activating group) is 2. The Morgan fingerprint density at radius 2 is 2.07 bits per heavy atom. The largest absolute Gasteiger partial charge is 0.358 e. The van der Waals surface area contributed by atoms with E-state index in [0.717, 1.165) is 6.54 Å². The van der Waals surface area contributed by atoms with Crippen molar-refractivity contribution in [1.29, 1.82) is 0 Å². The summed E-state index contributed by atoms with van der Waals surface area (Å²) < 4.78 is 0. The summed E-state index contributed by atoms with van der Waals surface area (Å²) in [6.45, 7) is 7.53. The number of nitrogens with zero attached hydrogens (tertiary/aromatic N) is 1. The Hall–Kier alpha value is -0.610. The lowest BCUT2D eigenvalue weighted by Gasteiger charge is -2.32. The summed E-state index contributed by atoms with van der Waals surface area (Å²) >= 11 is 0. The van der Waals surface area contributed by atoms with Crippen molar-refractivity contribution < 1.29 is 4.79 Å². The van der Waals surface area contributed by atoms with Crippen LogP contribution < -0.4 is 11.1 Å². The van der Waals surface area contributed by atoms with E-state index in [1.165, 1.54) is 0 Å². The minimum absolute atomic E-state index is 0.0420. The predicted octanol–water partition coefficient (Wildman–Crippen LogP) is 0.0376. The molecule has 1 amide bonds. The monoisotopic (exact) mass is 201 g/mol. The van der Waals surface area contributed by atoms with Crippen molar-refractivity contribution in [2.24, 2.45) is 11.1 Å². The highest BCUT2D eigenvalue weighted by Gasteiger charge is 2.23. The lowest BCUT2D eigenvalue weighted by molar-refractivity contribution is -0.125. The minimum atomic E-state index is -0.106. The molecule has 0 spiro atoms. The number of nitrogens with one attached hydrogen (secondary N) is 1. The van der Waals surface area contributed by atoms with Gasteiger partial charge in [0.2, 0.25) is 5.91 Å². The van der Waals surface area contributed by atoms with Crippen LogP contribution in [0.1, 0.15) is 20.8 Å². The normalized spacial score (nSPS) is 14.2. The van der Waals surface area contributed by atoms with Gasteiger partial charge in [0.15, 0.2) is 0 Å². The summed E-state index contributed by atoms with van der Waals surface area (Å²) in [6.07, 6.45) is 0. The van der Waals surface area contributed by atoms with Crippen LogP contribution in [0.4, 0.5) is 0 Å². The summed E-state index contributed by atoms with van der Waals surface area (Å²) in [5.74, 6) is 0.0420. The summed E-state index contributed by atoms with van der Waals surface area (Å²) in [5.41, 5.74) is 5.69. The first-order valence-corrected chi connectivity index (χ1v) is 4.96. The van der Waals surface area contributed by atoms with E-state index < -0.39 is 0 Å². The second-order valence-electron chi connectivity index (χ2n) is 4.57. The van der Waals surface area contributed by atoms with Crippen LogP contribution in [0.5, 0.6) is 0 Å². The van der Waals surface area contributed by atoms with Crippen LogP contribution in [-0.4, -0.2) is 44.0 Å². The van der Waals surface area contributed by atoms with E-state index >= 15 is 0 Å². The van der Waals surface area contributed by atoms with Crippen LogP contribution in [-0.2, 0) is 4.79 Å². The van der Waals surface area contributed by atoms with Gasteiger partial charge in [-0.05, 0) is 25.9 Å². The Labute approximate surface area is 86.8 Å². The first-order chi connectivity index (χ1) is 6.34. The number of carbonyl (C=O) groups is 1. The third kappa shape index (κ3) is 4.07. The quantitative estimate of drug-likeness (QED) is 0.660. The molecule has 0 rings (SSSR count). The first-order valence-electron chi connectivity index (χ1n) is 4.96. The Bertz CT molecular complexity index is 192. The fraction of sp³-hybridized carbons (Fsp3) is 0.900. The number of hydrogen-bond acceptors (Lipinski definition) is 3. The molecule has 0 saturated heterocycles. The van der Waals surface area contributed by atoms with Crippen molar-refractivity contribution in [2.45, 2.75) is 26.8 Å². The smallest absolute Gasteiger partial charge is 0.236 e. The zero-order valence-electron chi connectivity index (χ0n) is 9.92. The number of nitrogens with two attached hydrogens (primary N) is 1. The van der Waals surface area contributed by atoms with Gasteiger partial charge < -0.3 is 11.1 Å². The highest BCUT2D eigenvalue weighted by atomic mass is 16.2. The molecule has 0 radical (unpaired) electrons. The first kappa shape index (κ1) is 13.4. The number of hydrogen-bond donors (Lipinski definition) is 2. The fourth-order valence-corrected chi connectivity index (χ4v) is 1.29. The zero-order chi connectivity index (χ0) is 11.4. The van der Waals surface area contributed by atoms with Gasteiger partial charge in [0, 0.05) is 13.6 Å². The summed E-state index contributed by atoms with van der Waals surface area (Å²) in [6, 6.07) is -0.106. The van der Waals surface area contributed by atoms with Gasteiger partial charge in [-0.25, -0.2) is 0 Å². The highest BCUT2D eigenvalue weighted by molar-refractivity contribution is 5.80. The molecule has 0 aliphatic rings. The Morgan fingerprint density at radius 3 is 2.43 bits per heavy atom. The van der Waals surface area contributed by atoms with Crippen molar-refractivity contribution >= 4 is 5.91 Å². The summed E-state index contributed by atoms with van der Waals surface area (Å²) in [5, 5.41) is 2.64. The molecule has 0 aliphatic carbocycles. The van der Waals surface area contributed by atoms with E-state index in [2.05, 4.69) is 19.2 Å². The molecule has 0 saturated carbocycles. The van der Waals surface area contributed by atoms with Gasteiger partial charge in [-0.1, -0.05) is 13.8 Å². The average Bonchev–Trinajstić information content (AvgIpc) is 2.14. The summed E-state index contributed by atoms with van der Waals surface area (Å²) in [4.78, 5) is 13.4. The third-order valence-electron chi connectivity index (χ3n) is 2.52. The topological polar surface area (TPSA) is 58.4 Å². The van der Waals surface area contributed by atoms with Crippen LogP contribution >= 0.6 is 0 Å². The van der Waals surface area contributed by atoms with E-state index in [-0.39, 0.29) is 17.4 Å². The number of amides is 1. The summed E-state index contributed by atoms with van der Waals surface area (Å²) in [7, 11) is 3.60. The maximum atomic E-state index is 11.3. The second-order valence-corrected chi connectivity index (χ2v) is 4.57. The van der Waals surface area contributed by atoms with E-state index in [4.69, 9.17) is 5.73 Å². The van der Waals surface area contributed by atoms with Crippen LogP contribution in [0.3, 0.4) is 0 Å². The molecule has 0 aromatic carbocycles. The molecule has 0 aromatic rings. The van der Waals surface area contributed by atoms with Crippen LogP contribution in [0.2, 0.25) is 0 Å². The maximum Gasteiger partial charge on any atom is 0.236 e. The maximum absolute atomic E-state index is 11.3. The van der Waals surface area contributed by atoms with Gasteiger partial charge in [-0.3, -0.25) is 9.69 Å². The van der Waals surface area contributed by atoms with Crippen LogP contribution in [0.15, 0.2) is 0 Å². The molecule has 84 valence electrons.